The van der Waals surface area contributed by atoms with Crippen LogP contribution in [0.3, 0.4) is 0 Å². The van der Waals surface area contributed by atoms with Gasteiger partial charge < -0.3 is 4.74 Å². The van der Waals surface area contributed by atoms with E-state index in [1.165, 1.54) is 0 Å². The van der Waals surface area contributed by atoms with Crippen LogP contribution in [0.2, 0.25) is 0 Å². The predicted octanol–water partition coefficient (Wildman–Crippen LogP) is 1.56. The van der Waals surface area contributed by atoms with Crippen molar-refractivity contribution < 1.29 is 4.74 Å². The zero-order valence-corrected chi connectivity index (χ0v) is 8.85. The summed E-state index contributed by atoms with van der Waals surface area (Å²) < 4.78 is 5.30. The van der Waals surface area contributed by atoms with E-state index in [0.717, 1.165) is 44.2 Å². The molecule has 1 aliphatic heterocycles. The SMILES string of the molecule is C=Cc1cccc(CN2CCOCC2)n1. The second-order valence-electron chi connectivity index (χ2n) is 3.65. The van der Waals surface area contributed by atoms with E-state index in [1.807, 2.05) is 12.1 Å². The van der Waals surface area contributed by atoms with Gasteiger partial charge in [0.15, 0.2) is 0 Å². The van der Waals surface area contributed by atoms with Crippen molar-refractivity contribution in [3.8, 4) is 0 Å². The molecule has 1 aromatic rings. The van der Waals surface area contributed by atoms with Gasteiger partial charge in [0.1, 0.15) is 0 Å². The largest absolute Gasteiger partial charge is 0.379 e. The number of nitrogens with zero attached hydrogens (tertiary/aromatic N) is 2. The van der Waals surface area contributed by atoms with Gasteiger partial charge in [-0.25, -0.2) is 0 Å². The minimum Gasteiger partial charge on any atom is -0.379 e. The second-order valence-corrected chi connectivity index (χ2v) is 3.65. The zero-order valence-electron chi connectivity index (χ0n) is 8.85. The fourth-order valence-corrected chi connectivity index (χ4v) is 1.69. The van der Waals surface area contributed by atoms with Gasteiger partial charge in [0.2, 0.25) is 0 Å². The Hall–Kier alpha value is -1.19. The standard InChI is InChI=1S/C12H16N2O/c1-2-11-4-3-5-12(13-11)10-14-6-8-15-9-7-14/h2-5H,1,6-10H2. The Morgan fingerprint density at radius 3 is 2.93 bits per heavy atom. The molecule has 1 aliphatic rings. The van der Waals surface area contributed by atoms with E-state index in [0.29, 0.717) is 0 Å². The molecule has 1 saturated heterocycles. The minimum atomic E-state index is 0.834. The lowest BCUT2D eigenvalue weighted by atomic mass is 10.2. The third-order valence-electron chi connectivity index (χ3n) is 2.53. The fraction of sp³-hybridized carbons (Fsp3) is 0.417. The van der Waals surface area contributed by atoms with Crippen LogP contribution in [0, 0.1) is 0 Å². The lowest BCUT2D eigenvalue weighted by Crippen LogP contribution is -2.35. The lowest BCUT2D eigenvalue weighted by Gasteiger charge is -2.26. The highest BCUT2D eigenvalue weighted by molar-refractivity contribution is 5.41. The molecular formula is C12H16N2O. The van der Waals surface area contributed by atoms with Crippen molar-refractivity contribution in [1.82, 2.24) is 9.88 Å². The van der Waals surface area contributed by atoms with Crippen LogP contribution in [0.4, 0.5) is 0 Å². The topological polar surface area (TPSA) is 25.4 Å². The van der Waals surface area contributed by atoms with E-state index in [9.17, 15) is 0 Å². The van der Waals surface area contributed by atoms with Crippen LogP contribution in [0.1, 0.15) is 11.4 Å². The van der Waals surface area contributed by atoms with E-state index >= 15 is 0 Å². The molecule has 0 aliphatic carbocycles. The minimum absolute atomic E-state index is 0.834. The second kappa shape index (κ2) is 5.05. The summed E-state index contributed by atoms with van der Waals surface area (Å²) in [7, 11) is 0. The number of morpholine rings is 1. The summed E-state index contributed by atoms with van der Waals surface area (Å²) in [6.45, 7) is 8.30. The molecule has 2 rings (SSSR count). The number of hydrogen-bond donors (Lipinski definition) is 0. The molecular weight excluding hydrogens is 188 g/mol. The third kappa shape index (κ3) is 2.88. The third-order valence-corrected chi connectivity index (χ3v) is 2.53. The first-order chi connectivity index (χ1) is 7.38. The van der Waals surface area contributed by atoms with Crippen LogP contribution in [-0.2, 0) is 11.3 Å². The van der Waals surface area contributed by atoms with Crippen molar-refractivity contribution in [1.29, 1.82) is 0 Å². The summed E-state index contributed by atoms with van der Waals surface area (Å²) >= 11 is 0. The molecule has 0 aromatic carbocycles. The lowest BCUT2D eigenvalue weighted by molar-refractivity contribution is 0.0336. The van der Waals surface area contributed by atoms with Gasteiger partial charge in [-0.05, 0) is 18.2 Å². The number of pyridine rings is 1. The molecule has 3 heteroatoms. The summed E-state index contributed by atoms with van der Waals surface area (Å²) in [5.41, 5.74) is 2.05. The quantitative estimate of drug-likeness (QED) is 0.747. The van der Waals surface area contributed by atoms with Crippen LogP contribution in [-0.4, -0.2) is 36.2 Å². The molecule has 0 saturated carbocycles. The maximum atomic E-state index is 5.30. The summed E-state index contributed by atoms with van der Waals surface area (Å²) in [4.78, 5) is 6.84. The number of ether oxygens (including phenoxy) is 1. The molecule has 15 heavy (non-hydrogen) atoms. The molecule has 1 aromatic heterocycles. The van der Waals surface area contributed by atoms with E-state index in [-0.39, 0.29) is 0 Å². The van der Waals surface area contributed by atoms with Crippen LogP contribution in [0.5, 0.6) is 0 Å². The molecule has 0 unspecified atom stereocenters. The summed E-state index contributed by atoms with van der Waals surface area (Å²) in [5, 5.41) is 0. The molecule has 0 N–H and O–H groups in total. The van der Waals surface area contributed by atoms with Crippen molar-refractivity contribution >= 4 is 6.08 Å². The van der Waals surface area contributed by atoms with Gasteiger partial charge in [-0.2, -0.15) is 0 Å². The van der Waals surface area contributed by atoms with Crippen LogP contribution < -0.4 is 0 Å². The molecule has 3 nitrogen and oxygen atoms in total. The van der Waals surface area contributed by atoms with E-state index < -0.39 is 0 Å². The van der Waals surface area contributed by atoms with Crippen molar-refractivity contribution in [3.63, 3.8) is 0 Å². The van der Waals surface area contributed by atoms with Crippen LogP contribution >= 0.6 is 0 Å². The number of rotatable bonds is 3. The van der Waals surface area contributed by atoms with Crippen LogP contribution in [0.25, 0.3) is 6.08 Å². The first-order valence-corrected chi connectivity index (χ1v) is 5.27. The molecule has 0 bridgehead atoms. The van der Waals surface area contributed by atoms with Crippen molar-refractivity contribution in [2.75, 3.05) is 26.3 Å². The van der Waals surface area contributed by atoms with Gasteiger partial charge in [-0.1, -0.05) is 12.6 Å². The Bertz CT molecular complexity index is 332. The van der Waals surface area contributed by atoms with Gasteiger partial charge in [0.05, 0.1) is 24.6 Å². The van der Waals surface area contributed by atoms with Crippen molar-refractivity contribution in [2.45, 2.75) is 6.54 Å². The highest BCUT2D eigenvalue weighted by atomic mass is 16.5. The molecule has 2 heterocycles. The Morgan fingerprint density at radius 1 is 1.40 bits per heavy atom. The predicted molar refractivity (Wildman–Crippen MR) is 60.4 cm³/mol. The molecule has 0 radical (unpaired) electrons. The summed E-state index contributed by atoms with van der Waals surface area (Å²) in [6.07, 6.45) is 1.78. The maximum absolute atomic E-state index is 5.30. The Morgan fingerprint density at radius 2 is 2.20 bits per heavy atom. The van der Waals surface area contributed by atoms with E-state index in [2.05, 4.69) is 22.5 Å². The fourth-order valence-electron chi connectivity index (χ4n) is 1.69. The van der Waals surface area contributed by atoms with Crippen molar-refractivity contribution in [2.24, 2.45) is 0 Å². The van der Waals surface area contributed by atoms with E-state index in [1.54, 1.807) is 6.08 Å². The normalized spacial score (nSPS) is 17.6. The maximum Gasteiger partial charge on any atom is 0.0627 e. The average molecular weight is 204 g/mol. The molecule has 80 valence electrons. The van der Waals surface area contributed by atoms with E-state index in [4.69, 9.17) is 4.74 Å². The monoisotopic (exact) mass is 204 g/mol. The zero-order chi connectivity index (χ0) is 10.5. The molecule has 0 atom stereocenters. The molecule has 0 amide bonds. The summed E-state index contributed by atoms with van der Waals surface area (Å²) in [6, 6.07) is 6.05. The first kappa shape index (κ1) is 10.3. The van der Waals surface area contributed by atoms with Crippen LogP contribution in [0.15, 0.2) is 24.8 Å². The van der Waals surface area contributed by atoms with Crippen molar-refractivity contribution in [3.05, 3.63) is 36.2 Å². The Kier molecular flexibility index (Phi) is 3.48. The first-order valence-electron chi connectivity index (χ1n) is 5.27. The van der Waals surface area contributed by atoms with Gasteiger partial charge in [0, 0.05) is 19.6 Å². The van der Waals surface area contributed by atoms with Gasteiger partial charge in [-0.3, -0.25) is 9.88 Å². The average Bonchev–Trinajstić information content (AvgIpc) is 2.31. The number of aromatic nitrogens is 1. The smallest absolute Gasteiger partial charge is 0.0627 e. The van der Waals surface area contributed by atoms with Gasteiger partial charge in [0.25, 0.3) is 0 Å². The Balaban J connectivity index is 1.99. The van der Waals surface area contributed by atoms with Gasteiger partial charge >= 0.3 is 0 Å². The van der Waals surface area contributed by atoms with Gasteiger partial charge in [-0.15, -0.1) is 0 Å². The summed E-state index contributed by atoms with van der Waals surface area (Å²) in [5.74, 6) is 0. The molecule has 1 fully saturated rings. The number of hydrogen-bond acceptors (Lipinski definition) is 3. The molecule has 0 spiro atoms. The highest BCUT2D eigenvalue weighted by Gasteiger charge is 2.10. The highest BCUT2D eigenvalue weighted by Crippen LogP contribution is 2.06. The Labute approximate surface area is 90.4 Å².